The highest BCUT2D eigenvalue weighted by molar-refractivity contribution is 5.95. The molecule has 18 heavy (non-hydrogen) atoms. The highest BCUT2D eigenvalue weighted by Crippen LogP contribution is 2.27. The van der Waals surface area contributed by atoms with Crippen LogP contribution in [0.1, 0.15) is 42.6 Å². The van der Waals surface area contributed by atoms with Crippen molar-refractivity contribution in [2.24, 2.45) is 0 Å². The Kier molecular flexibility index (Phi) is 3.56. The zero-order valence-corrected chi connectivity index (χ0v) is 10.7. The predicted molar refractivity (Wildman–Crippen MR) is 72.4 cm³/mol. The molecule has 1 aliphatic carbocycles. The first-order valence-electron chi connectivity index (χ1n) is 6.10. The standard InChI is InChI=1S/C16H16O2/c1-11(17)13-3-7-15(8-4-13)16-9-5-14(6-10-16)12(2)18/h3-5,7-9H,6,10H2,1-2H3. The second-order valence-corrected chi connectivity index (χ2v) is 4.57. The third-order valence-corrected chi connectivity index (χ3v) is 3.26. The molecule has 0 unspecified atom stereocenters. The van der Waals surface area contributed by atoms with E-state index in [1.165, 1.54) is 5.57 Å². The van der Waals surface area contributed by atoms with Gasteiger partial charge < -0.3 is 0 Å². The van der Waals surface area contributed by atoms with E-state index in [1.54, 1.807) is 13.8 Å². The van der Waals surface area contributed by atoms with Crippen molar-refractivity contribution in [2.45, 2.75) is 26.7 Å². The van der Waals surface area contributed by atoms with Crippen LogP contribution in [-0.4, -0.2) is 11.6 Å². The number of benzene rings is 1. The van der Waals surface area contributed by atoms with Crippen molar-refractivity contribution in [2.75, 3.05) is 0 Å². The molecule has 0 saturated carbocycles. The average molecular weight is 240 g/mol. The number of hydrogen-bond acceptors (Lipinski definition) is 2. The maximum atomic E-state index is 11.2. The van der Waals surface area contributed by atoms with Gasteiger partial charge in [-0.15, -0.1) is 0 Å². The molecule has 92 valence electrons. The van der Waals surface area contributed by atoms with E-state index in [9.17, 15) is 9.59 Å². The van der Waals surface area contributed by atoms with Gasteiger partial charge in [0.05, 0.1) is 0 Å². The summed E-state index contributed by atoms with van der Waals surface area (Å²) in [5.41, 5.74) is 3.96. The largest absolute Gasteiger partial charge is 0.295 e. The molecule has 0 fully saturated rings. The van der Waals surface area contributed by atoms with Gasteiger partial charge in [-0.3, -0.25) is 9.59 Å². The lowest BCUT2D eigenvalue weighted by molar-refractivity contribution is -0.113. The topological polar surface area (TPSA) is 34.1 Å². The van der Waals surface area contributed by atoms with Gasteiger partial charge in [-0.2, -0.15) is 0 Å². The fourth-order valence-electron chi connectivity index (χ4n) is 2.09. The van der Waals surface area contributed by atoms with Crippen molar-refractivity contribution in [3.8, 4) is 0 Å². The van der Waals surface area contributed by atoms with Crippen LogP contribution in [0.4, 0.5) is 0 Å². The Morgan fingerprint density at radius 3 is 2.00 bits per heavy atom. The van der Waals surface area contributed by atoms with Crippen molar-refractivity contribution in [1.82, 2.24) is 0 Å². The summed E-state index contributed by atoms with van der Waals surface area (Å²) in [6.45, 7) is 3.17. The normalized spacial score (nSPS) is 14.8. The van der Waals surface area contributed by atoms with Gasteiger partial charge in [0.2, 0.25) is 0 Å². The van der Waals surface area contributed by atoms with Gasteiger partial charge in [0.1, 0.15) is 0 Å². The molecule has 0 amide bonds. The van der Waals surface area contributed by atoms with E-state index in [0.717, 1.165) is 29.5 Å². The minimum Gasteiger partial charge on any atom is -0.295 e. The Labute approximate surface area is 107 Å². The number of rotatable bonds is 3. The van der Waals surface area contributed by atoms with Gasteiger partial charge in [0, 0.05) is 5.56 Å². The first-order chi connectivity index (χ1) is 8.58. The summed E-state index contributed by atoms with van der Waals surface area (Å²) < 4.78 is 0. The predicted octanol–water partition coefficient (Wildman–Crippen LogP) is 3.58. The number of carbonyl (C=O) groups excluding carboxylic acids is 2. The smallest absolute Gasteiger partial charge is 0.159 e. The molecule has 2 rings (SSSR count). The first-order valence-corrected chi connectivity index (χ1v) is 6.10. The van der Waals surface area contributed by atoms with E-state index in [4.69, 9.17) is 0 Å². The summed E-state index contributed by atoms with van der Waals surface area (Å²) >= 11 is 0. The molecular formula is C16H16O2. The van der Waals surface area contributed by atoms with Crippen molar-refractivity contribution in [1.29, 1.82) is 0 Å². The van der Waals surface area contributed by atoms with E-state index < -0.39 is 0 Å². The van der Waals surface area contributed by atoms with Crippen LogP contribution in [0.25, 0.3) is 5.57 Å². The van der Waals surface area contributed by atoms with Gasteiger partial charge in [-0.1, -0.05) is 36.4 Å². The van der Waals surface area contributed by atoms with Gasteiger partial charge in [0.15, 0.2) is 11.6 Å². The summed E-state index contributed by atoms with van der Waals surface area (Å²) in [6.07, 6.45) is 5.59. The zero-order valence-electron chi connectivity index (χ0n) is 10.7. The highest BCUT2D eigenvalue weighted by Gasteiger charge is 2.11. The van der Waals surface area contributed by atoms with Crippen LogP contribution in [0.3, 0.4) is 0 Å². The third-order valence-electron chi connectivity index (χ3n) is 3.26. The third kappa shape index (κ3) is 2.65. The maximum Gasteiger partial charge on any atom is 0.159 e. The van der Waals surface area contributed by atoms with Crippen LogP contribution in [0.5, 0.6) is 0 Å². The average Bonchev–Trinajstić information content (AvgIpc) is 2.39. The number of hydrogen-bond donors (Lipinski definition) is 0. The Morgan fingerprint density at radius 2 is 1.56 bits per heavy atom. The molecule has 0 N–H and O–H groups in total. The second-order valence-electron chi connectivity index (χ2n) is 4.57. The molecule has 0 aliphatic heterocycles. The lowest BCUT2D eigenvalue weighted by Gasteiger charge is -2.13. The second kappa shape index (κ2) is 5.13. The minimum absolute atomic E-state index is 0.0814. The lowest BCUT2D eigenvalue weighted by Crippen LogP contribution is -2.01. The number of carbonyl (C=O) groups is 2. The van der Waals surface area contributed by atoms with Gasteiger partial charge in [0.25, 0.3) is 0 Å². The van der Waals surface area contributed by atoms with Crippen LogP contribution >= 0.6 is 0 Å². The van der Waals surface area contributed by atoms with Crippen LogP contribution < -0.4 is 0 Å². The molecule has 0 aromatic heterocycles. The monoisotopic (exact) mass is 240 g/mol. The number of Topliss-reactive ketones (excluding diaryl/α,β-unsaturated/α-hetero) is 2. The number of ketones is 2. The van der Waals surface area contributed by atoms with Gasteiger partial charge in [-0.25, -0.2) is 0 Å². The van der Waals surface area contributed by atoms with Crippen molar-refractivity contribution >= 4 is 17.1 Å². The zero-order chi connectivity index (χ0) is 13.1. The summed E-state index contributed by atoms with van der Waals surface area (Å²) in [7, 11) is 0. The van der Waals surface area contributed by atoms with E-state index in [0.29, 0.717) is 0 Å². The van der Waals surface area contributed by atoms with E-state index in [2.05, 4.69) is 0 Å². The fourth-order valence-corrected chi connectivity index (χ4v) is 2.09. The number of allylic oxidation sites excluding steroid dienone is 4. The SMILES string of the molecule is CC(=O)C1=CC=C(c2ccc(C(C)=O)cc2)CC1. The van der Waals surface area contributed by atoms with Gasteiger partial charge >= 0.3 is 0 Å². The summed E-state index contributed by atoms with van der Waals surface area (Å²) in [6, 6.07) is 7.63. The Hall–Kier alpha value is -1.96. The molecule has 0 heterocycles. The molecule has 1 aromatic rings. The molecule has 0 saturated heterocycles. The first kappa shape index (κ1) is 12.5. The van der Waals surface area contributed by atoms with Crippen LogP contribution in [0.15, 0.2) is 42.0 Å². The fraction of sp³-hybridized carbons (Fsp3) is 0.250. The van der Waals surface area contributed by atoms with Gasteiger partial charge in [-0.05, 0) is 43.4 Å². The molecule has 0 atom stereocenters. The minimum atomic E-state index is 0.0814. The quantitative estimate of drug-likeness (QED) is 0.757. The Morgan fingerprint density at radius 1 is 0.889 bits per heavy atom. The molecule has 1 aromatic carbocycles. The molecule has 0 bridgehead atoms. The van der Waals surface area contributed by atoms with Crippen molar-refractivity contribution in [3.63, 3.8) is 0 Å². The molecule has 0 radical (unpaired) electrons. The van der Waals surface area contributed by atoms with E-state index in [1.807, 2.05) is 36.4 Å². The lowest BCUT2D eigenvalue weighted by atomic mass is 9.91. The molecule has 1 aliphatic rings. The Balaban J connectivity index is 2.23. The summed E-state index contributed by atoms with van der Waals surface area (Å²) in [5.74, 6) is 0.232. The molecular weight excluding hydrogens is 224 g/mol. The molecule has 0 spiro atoms. The summed E-state index contributed by atoms with van der Waals surface area (Å²) in [5, 5.41) is 0. The van der Waals surface area contributed by atoms with E-state index >= 15 is 0 Å². The molecule has 2 heteroatoms. The maximum absolute atomic E-state index is 11.2. The highest BCUT2D eigenvalue weighted by atomic mass is 16.1. The summed E-state index contributed by atoms with van der Waals surface area (Å²) in [4.78, 5) is 22.4. The van der Waals surface area contributed by atoms with Crippen molar-refractivity contribution in [3.05, 3.63) is 53.1 Å². The van der Waals surface area contributed by atoms with Crippen LogP contribution in [-0.2, 0) is 4.79 Å². The Bertz CT molecular complexity index is 545. The van der Waals surface area contributed by atoms with Crippen molar-refractivity contribution < 1.29 is 9.59 Å². The molecule has 2 nitrogen and oxygen atoms in total. The van der Waals surface area contributed by atoms with E-state index in [-0.39, 0.29) is 11.6 Å². The van der Waals surface area contributed by atoms with Crippen LogP contribution in [0.2, 0.25) is 0 Å². The van der Waals surface area contributed by atoms with Crippen LogP contribution in [0, 0.1) is 0 Å².